The van der Waals surface area contributed by atoms with E-state index in [1.54, 1.807) is 0 Å². The van der Waals surface area contributed by atoms with E-state index >= 15 is 0 Å². The average molecular weight is 363 g/mol. The van der Waals surface area contributed by atoms with Gasteiger partial charge in [0.25, 0.3) is 5.69 Å². The van der Waals surface area contributed by atoms with Crippen molar-refractivity contribution in [2.45, 2.75) is 37.1 Å². The van der Waals surface area contributed by atoms with E-state index in [0.29, 0.717) is 11.0 Å². The molecule has 1 fully saturated rings. The van der Waals surface area contributed by atoms with Crippen LogP contribution in [0.3, 0.4) is 0 Å². The average Bonchev–Trinajstić information content (AvgIpc) is 2.38. The number of piperidine rings is 1. The summed E-state index contributed by atoms with van der Waals surface area (Å²) < 4.78 is 27.2. The largest absolute Gasteiger partial charge is 0.289 e. The monoisotopic (exact) mass is 362 g/mol. The van der Waals surface area contributed by atoms with Crippen LogP contribution < -0.4 is 0 Å². The highest BCUT2D eigenvalue weighted by atomic mass is 79.9. The Hall–Kier alpha value is -0.990. The zero-order valence-corrected chi connectivity index (χ0v) is 13.4. The standard InChI is InChI=1S/C12H15BrN2O4S/c1-9-4-2-3-7-14(9)20(18,19)12-8-10(13)5-6-11(12)15(16)17/h5-6,8-9H,2-4,7H2,1H3. The summed E-state index contributed by atoms with van der Waals surface area (Å²) in [6, 6.07) is 3.85. The van der Waals surface area contributed by atoms with Crippen LogP contribution in [-0.4, -0.2) is 30.2 Å². The van der Waals surface area contributed by atoms with Crippen molar-refractivity contribution in [2.24, 2.45) is 0 Å². The van der Waals surface area contributed by atoms with Crippen LogP contribution >= 0.6 is 15.9 Å². The highest BCUT2D eigenvalue weighted by molar-refractivity contribution is 9.10. The van der Waals surface area contributed by atoms with Gasteiger partial charge in [0, 0.05) is 23.1 Å². The quantitative estimate of drug-likeness (QED) is 0.611. The highest BCUT2D eigenvalue weighted by Crippen LogP contribution is 2.32. The second kappa shape index (κ2) is 5.79. The summed E-state index contributed by atoms with van der Waals surface area (Å²) in [5.74, 6) is 0. The number of halogens is 1. The lowest BCUT2D eigenvalue weighted by Crippen LogP contribution is -2.42. The Bertz CT molecular complexity index is 632. The Labute approximate surface area is 126 Å². The van der Waals surface area contributed by atoms with E-state index in [2.05, 4.69) is 15.9 Å². The van der Waals surface area contributed by atoms with E-state index in [0.717, 1.165) is 19.3 Å². The lowest BCUT2D eigenvalue weighted by atomic mass is 10.1. The molecule has 20 heavy (non-hydrogen) atoms. The molecular formula is C12H15BrN2O4S. The number of sulfonamides is 1. The first kappa shape index (κ1) is 15.4. The van der Waals surface area contributed by atoms with Crippen molar-refractivity contribution in [3.63, 3.8) is 0 Å². The molecule has 110 valence electrons. The first-order valence-electron chi connectivity index (χ1n) is 6.30. The van der Waals surface area contributed by atoms with Gasteiger partial charge in [-0.2, -0.15) is 4.31 Å². The van der Waals surface area contributed by atoms with Crippen LogP contribution in [0.1, 0.15) is 26.2 Å². The van der Waals surface area contributed by atoms with Crippen molar-refractivity contribution in [3.05, 3.63) is 32.8 Å². The Morgan fingerprint density at radius 3 is 2.70 bits per heavy atom. The molecular weight excluding hydrogens is 348 g/mol. The van der Waals surface area contributed by atoms with Crippen molar-refractivity contribution in [2.75, 3.05) is 6.54 Å². The minimum atomic E-state index is -3.85. The van der Waals surface area contributed by atoms with E-state index in [4.69, 9.17) is 0 Å². The smallest absolute Gasteiger partial charge is 0.258 e. The van der Waals surface area contributed by atoms with Gasteiger partial charge in [-0.15, -0.1) is 0 Å². The second-order valence-corrected chi connectivity index (χ2v) is 7.60. The van der Waals surface area contributed by atoms with Gasteiger partial charge < -0.3 is 0 Å². The van der Waals surface area contributed by atoms with E-state index in [1.165, 1.54) is 22.5 Å². The molecule has 1 atom stereocenters. The number of nitrogens with zero attached hydrogens (tertiary/aromatic N) is 2. The molecule has 1 aromatic carbocycles. The van der Waals surface area contributed by atoms with E-state index in [9.17, 15) is 18.5 Å². The molecule has 6 nitrogen and oxygen atoms in total. The van der Waals surface area contributed by atoms with Gasteiger partial charge in [0.2, 0.25) is 10.0 Å². The fourth-order valence-electron chi connectivity index (χ4n) is 2.40. The summed E-state index contributed by atoms with van der Waals surface area (Å²) in [4.78, 5) is 10.1. The first-order valence-corrected chi connectivity index (χ1v) is 8.53. The summed E-state index contributed by atoms with van der Waals surface area (Å²) in [5, 5.41) is 11.1. The normalized spacial score (nSPS) is 20.8. The summed E-state index contributed by atoms with van der Waals surface area (Å²) in [5.41, 5.74) is -0.383. The molecule has 0 amide bonds. The third kappa shape index (κ3) is 2.87. The lowest BCUT2D eigenvalue weighted by molar-refractivity contribution is -0.387. The van der Waals surface area contributed by atoms with Crippen molar-refractivity contribution >= 4 is 31.6 Å². The van der Waals surface area contributed by atoms with Gasteiger partial charge in [0.1, 0.15) is 0 Å². The van der Waals surface area contributed by atoms with E-state index in [-0.39, 0.29) is 16.6 Å². The van der Waals surface area contributed by atoms with Crippen LogP contribution in [0.4, 0.5) is 5.69 Å². The maximum Gasteiger partial charge on any atom is 0.289 e. The molecule has 0 N–H and O–H groups in total. The van der Waals surface area contributed by atoms with Gasteiger partial charge in [0.05, 0.1) is 4.92 Å². The number of benzene rings is 1. The molecule has 1 aliphatic heterocycles. The maximum absolute atomic E-state index is 12.7. The van der Waals surface area contributed by atoms with Gasteiger partial charge in [-0.25, -0.2) is 8.42 Å². The second-order valence-electron chi connectivity index (χ2n) is 4.83. The highest BCUT2D eigenvalue weighted by Gasteiger charge is 2.35. The molecule has 1 aromatic rings. The fourth-order valence-corrected chi connectivity index (χ4v) is 4.80. The van der Waals surface area contributed by atoms with E-state index in [1.807, 2.05) is 6.92 Å². The Morgan fingerprint density at radius 2 is 2.10 bits per heavy atom. The number of nitro groups is 1. The number of nitro benzene ring substituents is 1. The predicted octanol–water partition coefficient (Wildman–Crippen LogP) is 2.92. The number of hydrogen-bond donors (Lipinski definition) is 0. The van der Waals surface area contributed by atoms with Gasteiger partial charge in [-0.3, -0.25) is 10.1 Å². The van der Waals surface area contributed by atoms with Crippen molar-refractivity contribution in [1.82, 2.24) is 4.31 Å². The topological polar surface area (TPSA) is 80.5 Å². The molecule has 0 spiro atoms. The lowest BCUT2D eigenvalue weighted by Gasteiger charge is -2.32. The molecule has 8 heteroatoms. The number of rotatable bonds is 3. The van der Waals surface area contributed by atoms with Crippen LogP contribution in [0.25, 0.3) is 0 Å². The molecule has 0 aromatic heterocycles. The van der Waals surface area contributed by atoms with Crippen LogP contribution in [0.5, 0.6) is 0 Å². The van der Waals surface area contributed by atoms with Crippen LogP contribution in [0.15, 0.2) is 27.6 Å². The SMILES string of the molecule is CC1CCCCN1S(=O)(=O)c1cc(Br)ccc1[N+](=O)[O-]. The predicted molar refractivity (Wildman–Crippen MR) is 78.0 cm³/mol. The zero-order valence-electron chi connectivity index (χ0n) is 11.0. The third-order valence-electron chi connectivity index (χ3n) is 3.45. The molecule has 0 radical (unpaired) electrons. The van der Waals surface area contributed by atoms with E-state index < -0.39 is 14.9 Å². The van der Waals surface area contributed by atoms with Gasteiger partial charge in [-0.05, 0) is 31.9 Å². The summed E-state index contributed by atoms with van der Waals surface area (Å²) in [6.45, 7) is 2.24. The van der Waals surface area contributed by atoms with Crippen molar-refractivity contribution in [3.8, 4) is 0 Å². The van der Waals surface area contributed by atoms with Crippen LogP contribution in [-0.2, 0) is 10.0 Å². The molecule has 0 bridgehead atoms. The number of hydrogen-bond acceptors (Lipinski definition) is 4. The minimum absolute atomic E-state index is 0.132. The fraction of sp³-hybridized carbons (Fsp3) is 0.500. The first-order chi connectivity index (χ1) is 9.34. The van der Waals surface area contributed by atoms with Crippen LogP contribution in [0, 0.1) is 10.1 Å². The van der Waals surface area contributed by atoms with Crippen molar-refractivity contribution < 1.29 is 13.3 Å². The zero-order chi connectivity index (χ0) is 14.9. The molecule has 1 heterocycles. The van der Waals surface area contributed by atoms with Gasteiger partial charge >= 0.3 is 0 Å². The maximum atomic E-state index is 12.7. The summed E-state index contributed by atoms with van der Waals surface area (Å²) in [6.07, 6.45) is 2.54. The molecule has 0 aliphatic carbocycles. The molecule has 1 unspecified atom stereocenters. The summed E-state index contributed by atoms with van der Waals surface area (Å²) >= 11 is 3.17. The van der Waals surface area contributed by atoms with Gasteiger partial charge in [0.15, 0.2) is 4.90 Å². The Kier molecular flexibility index (Phi) is 4.46. The molecule has 1 aliphatic rings. The minimum Gasteiger partial charge on any atom is -0.258 e. The van der Waals surface area contributed by atoms with Crippen molar-refractivity contribution in [1.29, 1.82) is 0 Å². The third-order valence-corrected chi connectivity index (χ3v) is 5.98. The molecule has 2 rings (SSSR count). The summed E-state index contributed by atoms with van der Waals surface area (Å²) in [7, 11) is -3.85. The molecule has 0 saturated carbocycles. The van der Waals surface area contributed by atoms with Crippen LogP contribution in [0.2, 0.25) is 0 Å². The Balaban J connectivity index is 2.53. The molecule has 1 saturated heterocycles. The Morgan fingerprint density at radius 1 is 1.40 bits per heavy atom. The van der Waals surface area contributed by atoms with Gasteiger partial charge in [-0.1, -0.05) is 22.4 Å².